The molecule has 0 aliphatic heterocycles. The van der Waals surface area contributed by atoms with Crippen LogP contribution in [0.15, 0.2) is 54.3 Å². The molecule has 3 aromatic heterocycles. The van der Waals surface area contributed by atoms with Gasteiger partial charge in [0.25, 0.3) is 5.91 Å². The standard InChI is InChI=1S/C17H17N5O2S/c1-12(15-6-4-8-25-15)20-16(23)11-22-10-13(9-19-22)21-17(24)14-5-2-3-7-18-14/h2-10,12H,11H2,1H3,(H,20,23)(H,21,24). The molecule has 0 spiro atoms. The Balaban J connectivity index is 1.54. The number of hydrogen-bond donors (Lipinski definition) is 2. The third-order valence-corrected chi connectivity index (χ3v) is 4.50. The third-order valence-electron chi connectivity index (χ3n) is 3.44. The SMILES string of the molecule is CC(NC(=O)Cn1cc(NC(=O)c2ccccn2)cn1)c1cccs1. The molecule has 3 rings (SSSR count). The fourth-order valence-corrected chi connectivity index (χ4v) is 2.98. The highest BCUT2D eigenvalue weighted by molar-refractivity contribution is 7.10. The monoisotopic (exact) mass is 355 g/mol. The molecule has 0 aliphatic rings. The van der Waals surface area contributed by atoms with Crippen molar-refractivity contribution in [2.24, 2.45) is 0 Å². The average Bonchev–Trinajstić information content (AvgIpc) is 3.27. The van der Waals surface area contributed by atoms with E-state index in [1.54, 1.807) is 41.9 Å². The summed E-state index contributed by atoms with van der Waals surface area (Å²) in [4.78, 5) is 29.2. The predicted octanol–water partition coefficient (Wildman–Crippen LogP) is 2.47. The van der Waals surface area contributed by atoms with Crippen LogP contribution in [-0.2, 0) is 11.3 Å². The van der Waals surface area contributed by atoms with Gasteiger partial charge >= 0.3 is 0 Å². The number of hydrogen-bond acceptors (Lipinski definition) is 5. The molecule has 2 N–H and O–H groups in total. The van der Waals surface area contributed by atoms with Gasteiger partial charge in [0.2, 0.25) is 5.91 Å². The van der Waals surface area contributed by atoms with E-state index >= 15 is 0 Å². The zero-order chi connectivity index (χ0) is 17.6. The zero-order valence-corrected chi connectivity index (χ0v) is 14.4. The molecule has 0 bridgehead atoms. The first-order valence-electron chi connectivity index (χ1n) is 7.69. The molecule has 3 aromatic rings. The predicted molar refractivity (Wildman–Crippen MR) is 95.3 cm³/mol. The molecule has 0 saturated carbocycles. The van der Waals surface area contributed by atoms with E-state index in [-0.39, 0.29) is 24.4 Å². The smallest absolute Gasteiger partial charge is 0.274 e. The van der Waals surface area contributed by atoms with Crippen LogP contribution in [-0.4, -0.2) is 26.6 Å². The number of carbonyl (C=O) groups is 2. The Bertz CT molecular complexity index is 845. The van der Waals surface area contributed by atoms with E-state index in [0.29, 0.717) is 11.4 Å². The summed E-state index contributed by atoms with van der Waals surface area (Å²) in [5.74, 6) is -0.470. The van der Waals surface area contributed by atoms with Crippen LogP contribution in [0, 0.1) is 0 Å². The Morgan fingerprint density at radius 1 is 1.28 bits per heavy atom. The zero-order valence-electron chi connectivity index (χ0n) is 13.5. The van der Waals surface area contributed by atoms with Crippen LogP contribution >= 0.6 is 11.3 Å². The third kappa shape index (κ3) is 4.51. The van der Waals surface area contributed by atoms with Gasteiger partial charge < -0.3 is 10.6 Å². The second-order valence-corrected chi connectivity index (χ2v) is 6.38. The first-order valence-corrected chi connectivity index (χ1v) is 8.57. The van der Waals surface area contributed by atoms with Gasteiger partial charge in [-0.3, -0.25) is 19.3 Å². The first kappa shape index (κ1) is 16.8. The summed E-state index contributed by atoms with van der Waals surface area (Å²) in [7, 11) is 0. The minimum atomic E-state index is -0.323. The highest BCUT2D eigenvalue weighted by Crippen LogP contribution is 2.18. The highest BCUT2D eigenvalue weighted by atomic mass is 32.1. The lowest BCUT2D eigenvalue weighted by molar-refractivity contribution is -0.122. The van der Waals surface area contributed by atoms with Gasteiger partial charge in [-0.25, -0.2) is 0 Å². The maximum atomic E-state index is 12.1. The molecule has 0 aromatic carbocycles. The number of nitrogens with zero attached hydrogens (tertiary/aromatic N) is 3. The molecule has 1 unspecified atom stereocenters. The van der Waals surface area contributed by atoms with E-state index in [4.69, 9.17) is 0 Å². The fraction of sp³-hybridized carbons (Fsp3) is 0.176. The number of nitrogens with one attached hydrogen (secondary N) is 2. The lowest BCUT2D eigenvalue weighted by Gasteiger charge is -2.12. The Kier molecular flexibility index (Phi) is 5.20. The van der Waals surface area contributed by atoms with Crippen molar-refractivity contribution in [3.05, 3.63) is 64.9 Å². The van der Waals surface area contributed by atoms with Crippen molar-refractivity contribution in [2.75, 3.05) is 5.32 Å². The molecule has 0 aliphatic carbocycles. The number of carbonyl (C=O) groups excluding carboxylic acids is 2. The van der Waals surface area contributed by atoms with Crippen molar-refractivity contribution >= 4 is 28.8 Å². The second kappa shape index (κ2) is 7.71. The molecule has 1 atom stereocenters. The minimum Gasteiger partial charge on any atom is -0.347 e. The van der Waals surface area contributed by atoms with Gasteiger partial charge in [-0.2, -0.15) is 5.10 Å². The van der Waals surface area contributed by atoms with E-state index in [0.717, 1.165) is 4.88 Å². The van der Waals surface area contributed by atoms with Crippen molar-refractivity contribution in [3.8, 4) is 0 Å². The molecule has 8 heteroatoms. The van der Waals surface area contributed by atoms with Crippen molar-refractivity contribution < 1.29 is 9.59 Å². The number of aromatic nitrogens is 3. The van der Waals surface area contributed by atoms with E-state index in [2.05, 4.69) is 20.7 Å². The van der Waals surface area contributed by atoms with Crippen LogP contribution in [0.2, 0.25) is 0 Å². The summed E-state index contributed by atoms with van der Waals surface area (Å²) in [6.45, 7) is 2.01. The topological polar surface area (TPSA) is 88.9 Å². The van der Waals surface area contributed by atoms with Crippen LogP contribution < -0.4 is 10.6 Å². The number of anilines is 1. The molecular formula is C17H17N5O2S. The van der Waals surface area contributed by atoms with Crippen LogP contribution in [0.25, 0.3) is 0 Å². The Labute approximate surface area is 148 Å². The van der Waals surface area contributed by atoms with Crippen LogP contribution in [0.4, 0.5) is 5.69 Å². The lowest BCUT2D eigenvalue weighted by Crippen LogP contribution is -2.29. The van der Waals surface area contributed by atoms with E-state index < -0.39 is 0 Å². The quantitative estimate of drug-likeness (QED) is 0.711. The average molecular weight is 355 g/mol. The lowest BCUT2D eigenvalue weighted by atomic mass is 10.3. The molecule has 3 heterocycles. The first-order chi connectivity index (χ1) is 12.1. The molecule has 25 heavy (non-hydrogen) atoms. The van der Waals surface area contributed by atoms with Crippen molar-refractivity contribution in [3.63, 3.8) is 0 Å². The Hall–Kier alpha value is -3.00. The van der Waals surface area contributed by atoms with Gasteiger partial charge in [0.05, 0.1) is 17.9 Å². The van der Waals surface area contributed by atoms with Crippen molar-refractivity contribution in [1.29, 1.82) is 0 Å². The molecule has 128 valence electrons. The van der Waals surface area contributed by atoms with Crippen LogP contribution in [0.3, 0.4) is 0 Å². The maximum absolute atomic E-state index is 12.1. The summed E-state index contributed by atoms with van der Waals surface area (Å²) >= 11 is 1.60. The molecule has 2 amide bonds. The van der Waals surface area contributed by atoms with Crippen molar-refractivity contribution in [1.82, 2.24) is 20.1 Å². The van der Waals surface area contributed by atoms with Gasteiger partial charge in [0.15, 0.2) is 0 Å². The molecule has 0 fully saturated rings. The van der Waals surface area contributed by atoms with Crippen LogP contribution in [0.1, 0.15) is 28.3 Å². The van der Waals surface area contributed by atoms with Gasteiger partial charge in [-0.15, -0.1) is 11.3 Å². The van der Waals surface area contributed by atoms with E-state index in [1.807, 2.05) is 24.4 Å². The molecule has 7 nitrogen and oxygen atoms in total. The Morgan fingerprint density at radius 2 is 2.16 bits per heavy atom. The highest BCUT2D eigenvalue weighted by Gasteiger charge is 2.12. The number of thiophene rings is 1. The van der Waals surface area contributed by atoms with Crippen LogP contribution in [0.5, 0.6) is 0 Å². The molecule has 0 saturated heterocycles. The Morgan fingerprint density at radius 3 is 2.88 bits per heavy atom. The molecule has 0 radical (unpaired) electrons. The number of pyridine rings is 1. The number of amides is 2. The van der Waals surface area contributed by atoms with E-state index in [9.17, 15) is 9.59 Å². The second-order valence-electron chi connectivity index (χ2n) is 5.40. The normalized spacial score (nSPS) is 11.7. The minimum absolute atomic E-state index is 0.0496. The van der Waals surface area contributed by atoms with Gasteiger partial charge in [0.1, 0.15) is 12.2 Å². The van der Waals surface area contributed by atoms with Gasteiger partial charge in [-0.1, -0.05) is 12.1 Å². The summed E-state index contributed by atoms with van der Waals surface area (Å²) in [6, 6.07) is 8.99. The fourth-order valence-electron chi connectivity index (χ4n) is 2.25. The summed E-state index contributed by atoms with van der Waals surface area (Å²) < 4.78 is 1.48. The van der Waals surface area contributed by atoms with E-state index in [1.165, 1.54) is 10.9 Å². The van der Waals surface area contributed by atoms with Crippen molar-refractivity contribution in [2.45, 2.75) is 19.5 Å². The summed E-state index contributed by atoms with van der Waals surface area (Å²) in [5, 5.41) is 11.7. The summed E-state index contributed by atoms with van der Waals surface area (Å²) in [6.07, 6.45) is 4.66. The largest absolute Gasteiger partial charge is 0.347 e. The summed E-state index contributed by atoms with van der Waals surface area (Å²) in [5.41, 5.74) is 0.826. The number of rotatable bonds is 6. The van der Waals surface area contributed by atoms with Gasteiger partial charge in [0, 0.05) is 17.3 Å². The molecular weight excluding hydrogens is 338 g/mol. The maximum Gasteiger partial charge on any atom is 0.274 e. The van der Waals surface area contributed by atoms with Gasteiger partial charge in [-0.05, 0) is 30.5 Å².